The predicted molar refractivity (Wildman–Crippen MR) is 77.4 cm³/mol. The predicted octanol–water partition coefficient (Wildman–Crippen LogP) is 4.70. The average molecular weight is 236 g/mol. The first-order chi connectivity index (χ1) is 8.79. The average Bonchev–Trinajstić information content (AvgIpc) is 2.38. The van der Waals surface area contributed by atoms with E-state index in [9.17, 15) is 0 Å². The number of rotatable bonds is 2. The van der Waals surface area contributed by atoms with Gasteiger partial charge in [0.15, 0.2) is 0 Å². The molecule has 1 heteroatoms. The van der Waals surface area contributed by atoms with Crippen molar-refractivity contribution in [1.82, 2.24) is 0 Å². The van der Waals surface area contributed by atoms with Gasteiger partial charge in [0.1, 0.15) is 5.75 Å². The second kappa shape index (κ2) is 4.34. The number of aryl methyl sites for hydroxylation is 1. The van der Waals surface area contributed by atoms with Crippen LogP contribution in [0.2, 0.25) is 0 Å². The van der Waals surface area contributed by atoms with Gasteiger partial charge in [0.05, 0.1) is 6.61 Å². The van der Waals surface area contributed by atoms with Gasteiger partial charge in [-0.15, -0.1) is 0 Å². The number of hydrogen-bond acceptors (Lipinski definition) is 1. The summed E-state index contributed by atoms with van der Waals surface area (Å²) in [6.07, 6.45) is 0. The van der Waals surface area contributed by atoms with Crippen LogP contribution in [0, 0.1) is 6.92 Å². The van der Waals surface area contributed by atoms with Gasteiger partial charge in [-0.3, -0.25) is 0 Å². The minimum Gasteiger partial charge on any atom is -0.493 e. The van der Waals surface area contributed by atoms with Crippen molar-refractivity contribution in [1.29, 1.82) is 0 Å². The Balaban J connectivity index is 2.45. The lowest BCUT2D eigenvalue weighted by Gasteiger charge is -2.12. The molecule has 0 N–H and O–H groups in total. The Morgan fingerprint density at radius 1 is 0.889 bits per heavy atom. The van der Waals surface area contributed by atoms with Crippen molar-refractivity contribution in [2.75, 3.05) is 6.61 Å². The first kappa shape index (κ1) is 11.1. The highest BCUT2D eigenvalue weighted by atomic mass is 16.5. The van der Waals surface area contributed by atoms with Gasteiger partial charge >= 0.3 is 0 Å². The highest BCUT2D eigenvalue weighted by Gasteiger charge is 2.08. The Bertz CT molecular complexity index is 713. The summed E-state index contributed by atoms with van der Waals surface area (Å²) in [4.78, 5) is 0. The Morgan fingerprint density at radius 3 is 2.50 bits per heavy atom. The van der Waals surface area contributed by atoms with Gasteiger partial charge in [-0.05, 0) is 30.7 Å². The maximum atomic E-state index is 5.87. The zero-order valence-corrected chi connectivity index (χ0v) is 10.7. The monoisotopic (exact) mass is 236 g/mol. The molecule has 0 saturated heterocycles. The van der Waals surface area contributed by atoms with E-state index in [0.29, 0.717) is 6.61 Å². The van der Waals surface area contributed by atoms with Crippen LogP contribution in [0.25, 0.3) is 21.5 Å². The fourth-order valence-corrected chi connectivity index (χ4v) is 2.45. The molecule has 0 radical (unpaired) electrons. The molecule has 0 atom stereocenters. The lowest BCUT2D eigenvalue weighted by Crippen LogP contribution is -1.94. The molecule has 0 aliphatic carbocycles. The number of fused-ring (bicyclic) bond motifs is 2. The van der Waals surface area contributed by atoms with E-state index in [1.807, 2.05) is 6.92 Å². The van der Waals surface area contributed by atoms with E-state index in [0.717, 1.165) is 5.75 Å². The van der Waals surface area contributed by atoms with Crippen LogP contribution in [0.3, 0.4) is 0 Å². The van der Waals surface area contributed by atoms with Gasteiger partial charge < -0.3 is 4.74 Å². The van der Waals surface area contributed by atoms with Gasteiger partial charge in [0.25, 0.3) is 0 Å². The highest BCUT2D eigenvalue weighted by molar-refractivity contribution is 6.05. The van der Waals surface area contributed by atoms with Crippen LogP contribution in [0.5, 0.6) is 5.75 Å². The fourth-order valence-electron chi connectivity index (χ4n) is 2.45. The molecule has 0 spiro atoms. The van der Waals surface area contributed by atoms with E-state index in [1.54, 1.807) is 0 Å². The summed E-state index contributed by atoms with van der Waals surface area (Å²) in [7, 11) is 0. The molecule has 0 bridgehead atoms. The smallest absolute Gasteiger partial charge is 0.134 e. The Hall–Kier alpha value is -2.02. The number of benzene rings is 3. The molecule has 0 aliphatic rings. The largest absolute Gasteiger partial charge is 0.493 e. The third kappa shape index (κ3) is 1.72. The molecule has 0 aliphatic heterocycles. The van der Waals surface area contributed by atoms with E-state index in [2.05, 4.69) is 55.5 Å². The first-order valence-electron chi connectivity index (χ1n) is 6.34. The molecule has 0 heterocycles. The van der Waals surface area contributed by atoms with Crippen molar-refractivity contribution < 1.29 is 4.74 Å². The quantitative estimate of drug-likeness (QED) is 0.586. The Labute approximate surface area is 107 Å². The summed E-state index contributed by atoms with van der Waals surface area (Å²) >= 11 is 0. The third-order valence-corrected chi connectivity index (χ3v) is 3.26. The highest BCUT2D eigenvalue weighted by Crippen LogP contribution is 2.35. The lowest BCUT2D eigenvalue weighted by atomic mass is 10.0. The number of hydrogen-bond donors (Lipinski definition) is 0. The molecule has 0 fully saturated rings. The topological polar surface area (TPSA) is 9.23 Å². The standard InChI is InChI=1S/C17H16O/c1-3-18-17-15-7-5-4-6-13(15)11-14-10-12(2)8-9-16(14)17/h4-11H,3H2,1-2H3. The summed E-state index contributed by atoms with van der Waals surface area (Å²) < 4.78 is 5.87. The van der Waals surface area contributed by atoms with Crippen LogP contribution in [0.15, 0.2) is 48.5 Å². The van der Waals surface area contributed by atoms with E-state index in [1.165, 1.54) is 27.1 Å². The van der Waals surface area contributed by atoms with E-state index in [4.69, 9.17) is 4.74 Å². The lowest BCUT2D eigenvalue weighted by molar-refractivity contribution is 0.348. The maximum Gasteiger partial charge on any atom is 0.134 e. The van der Waals surface area contributed by atoms with Crippen LogP contribution in [-0.4, -0.2) is 6.61 Å². The van der Waals surface area contributed by atoms with Crippen LogP contribution in [-0.2, 0) is 0 Å². The molecule has 3 aromatic rings. The molecule has 3 rings (SSSR count). The van der Waals surface area contributed by atoms with Crippen molar-refractivity contribution >= 4 is 21.5 Å². The summed E-state index contributed by atoms with van der Waals surface area (Å²) in [6.45, 7) is 4.84. The SMILES string of the molecule is CCOc1c2ccccc2cc2cc(C)ccc12. The molecule has 0 amide bonds. The van der Waals surface area contributed by atoms with Crippen molar-refractivity contribution in [3.05, 3.63) is 54.1 Å². The molecular formula is C17H16O. The fraction of sp³-hybridized carbons (Fsp3) is 0.176. The second-order valence-corrected chi connectivity index (χ2v) is 4.58. The molecule has 0 saturated carbocycles. The minimum absolute atomic E-state index is 0.691. The van der Waals surface area contributed by atoms with Crippen molar-refractivity contribution in [3.8, 4) is 5.75 Å². The van der Waals surface area contributed by atoms with Crippen LogP contribution in [0.4, 0.5) is 0 Å². The minimum atomic E-state index is 0.691. The van der Waals surface area contributed by atoms with Gasteiger partial charge in [0, 0.05) is 10.8 Å². The van der Waals surface area contributed by atoms with Gasteiger partial charge in [-0.1, -0.05) is 48.0 Å². The summed E-state index contributed by atoms with van der Waals surface area (Å²) in [6, 6.07) is 17.1. The van der Waals surface area contributed by atoms with Crippen molar-refractivity contribution in [2.45, 2.75) is 13.8 Å². The van der Waals surface area contributed by atoms with Crippen molar-refractivity contribution in [3.63, 3.8) is 0 Å². The first-order valence-corrected chi connectivity index (χ1v) is 6.34. The van der Waals surface area contributed by atoms with Crippen molar-refractivity contribution in [2.24, 2.45) is 0 Å². The van der Waals surface area contributed by atoms with Gasteiger partial charge in [0.2, 0.25) is 0 Å². The number of ether oxygens (including phenoxy) is 1. The Morgan fingerprint density at radius 2 is 1.67 bits per heavy atom. The summed E-state index contributed by atoms with van der Waals surface area (Å²) in [5, 5.41) is 4.87. The second-order valence-electron chi connectivity index (χ2n) is 4.58. The molecule has 18 heavy (non-hydrogen) atoms. The van der Waals surface area contributed by atoms with Crippen LogP contribution < -0.4 is 4.74 Å². The molecule has 3 aromatic carbocycles. The Kier molecular flexibility index (Phi) is 2.67. The zero-order chi connectivity index (χ0) is 12.5. The zero-order valence-electron chi connectivity index (χ0n) is 10.7. The molecule has 0 unspecified atom stereocenters. The van der Waals surface area contributed by atoms with E-state index >= 15 is 0 Å². The normalized spacial score (nSPS) is 11.0. The molecular weight excluding hydrogens is 220 g/mol. The third-order valence-electron chi connectivity index (χ3n) is 3.26. The maximum absolute atomic E-state index is 5.87. The molecule has 1 nitrogen and oxygen atoms in total. The summed E-state index contributed by atoms with van der Waals surface area (Å²) in [5.74, 6) is 1.01. The van der Waals surface area contributed by atoms with Gasteiger partial charge in [-0.25, -0.2) is 0 Å². The van der Waals surface area contributed by atoms with E-state index in [-0.39, 0.29) is 0 Å². The summed E-state index contributed by atoms with van der Waals surface area (Å²) in [5.41, 5.74) is 1.28. The molecule has 0 aromatic heterocycles. The van der Waals surface area contributed by atoms with E-state index < -0.39 is 0 Å². The van der Waals surface area contributed by atoms with Crippen LogP contribution >= 0.6 is 0 Å². The molecule has 90 valence electrons. The van der Waals surface area contributed by atoms with Gasteiger partial charge in [-0.2, -0.15) is 0 Å². The van der Waals surface area contributed by atoms with Crippen LogP contribution in [0.1, 0.15) is 12.5 Å².